The average Bonchev–Trinajstić information content (AvgIpc) is 2.79. The molecule has 0 atom stereocenters. The average molecular weight is 489 g/mol. The lowest BCUT2D eigenvalue weighted by atomic mass is 9.96. The Bertz CT molecular complexity index is 1010. The molecule has 9 heteroatoms. The summed E-state index contributed by atoms with van der Waals surface area (Å²) in [7, 11) is 0. The minimum Gasteiger partial charge on any atom is -0.470 e. The van der Waals surface area contributed by atoms with Crippen LogP contribution in [0.25, 0.3) is 0 Å². The summed E-state index contributed by atoms with van der Waals surface area (Å²) in [6.45, 7) is 8.49. The Morgan fingerprint density at radius 1 is 1.20 bits per heavy atom. The number of ether oxygens (including phenoxy) is 2. The predicted octanol–water partition coefficient (Wildman–Crippen LogP) is 5.06. The number of anilines is 2. The highest BCUT2D eigenvalue weighted by Crippen LogP contribution is 2.33. The molecule has 1 N–H and O–H groups in total. The molecule has 0 aliphatic carbocycles. The van der Waals surface area contributed by atoms with Crippen molar-refractivity contribution in [2.24, 2.45) is 0 Å². The predicted molar refractivity (Wildman–Crippen MR) is 132 cm³/mol. The lowest BCUT2D eigenvalue weighted by molar-refractivity contribution is -0.0710. The maximum atomic E-state index is 13.8. The normalized spacial score (nSPS) is 17.5. The van der Waals surface area contributed by atoms with Gasteiger partial charge in [-0.05, 0) is 49.4 Å². The van der Waals surface area contributed by atoms with E-state index in [4.69, 9.17) is 9.47 Å². The Hall–Kier alpha value is -2.78. The molecule has 3 heterocycles. The van der Waals surface area contributed by atoms with Crippen LogP contribution < -0.4 is 15.0 Å². The van der Waals surface area contributed by atoms with Crippen molar-refractivity contribution < 1.29 is 23.0 Å². The van der Waals surface area contributed by atoms with Crippen molar-refractivity contribution in [2.75, 3.05) is 43.1 Å². The number of piperidine rings is 1. The van der Waals surface area contributed by atoms with Gasteiger partial charge in [0, 0.05) is 30.5 Å². The number of nitrogens with zero attached hydrogens (tertiary/aromatic N) is 3. The van der Waals surface area contributed by atoms with E-state index in [1.807, 2.05) is 29.2 Å². The van der Waals surface area contributed by atoms with Crippen LogP contribution in [0.4, 0.5) is 25.0 Å². The van der Waals surface area contributed by atoms with E-state index >= 15 is 0 Å². The van der Waals surface area contributed by atoms with Gasteiger partial charge >= 0.3 is 6.03 Å². The summed E-state index contributed by atoms with van der Waals surface area (Å²) < 4.78 is 36.1. The van der Waals surface area contributed by atoms with E-state index in [0.717, 1.165) is 50.4 Å². The van der Waals surface area contributed by atoms with Crippen LogP contribution in [0, 0.1) is 6.92 Å². The molecule has 1 aromatic heterocycles. The fourth-order valence-corrected chi connectivity index (χ4v) is 4.67. The number of pyridine rings is 1. The minimum atomic E-state index is -2.64. The van der Waals surface area contributed by atoms with Crippen LogP contribution in [0.15, 0.2) is 36.4 Å². The summed E-state index contributed by atoms with van der Waals surface area (Å²) >= 11 is 0. The second-order valence-corrected chi connectivity index (χ2v) is 9.48. The van der Waals surface area contributed by atoms with Gasteiger partial charge in [-0.2, -0.15) is 0 Å². The number of aryl methyl sites for hydroxylation is 1. The molecule has 2 fully saturated rings. The lowest BCUT2D eigenvalue weighted by Crippen LogP contribution is -2.55. The molecule has 2 aromatic rings. The topological polar surface area (TPSA) is 66.9 Å². The zero-order valence-electron chi connectivity index (χ0n) is 20.5. The molecular formula is C26H34F2N4O3. The Morgan fingerprint density at radius 2 is 1.91 bits per heavy atom. The van der Waals surface area contributed by atoms with Crippen LogP contribution in [0.2, 0.25) is 0 Å². The monoisotopic (exact) mass is 488 g/mol. The summed E-state index contributed by atoms with van der Waals surface area (Å²) in [5, 5.41) is 2.90. The number of halogens is 2. The van der Waals surface area contributed by atoms with Crippen LogP contribution >= 0.6 is 0 Å². The van der Waals surface area contributed by atoms with Crippen LogP contribution in [0.1, 0.15) is 43.9 Å². The Morgan fingerprint density at radius 3 is 2.54 bits per heavy atom. The van der Waals surface area contributed by atoms with E-state index in [2.05, 4.69) is 29.0 Å². The number of benzene rings is 1. The first-order valence-corrected chi connectivity index (χ1v) is 12.2. The van der Waals surface area contributed by atoms with Gasteiger partial charge in [-0.15, -0.1) is 0 Å². The van der Waals surface area contributed by atoms with E-state index in [1.54, 1.807) is 19.1 Å². The van der Waals surface area contributed by atoms with E-state index in [-0.39, 0.29) is 29.6 Å². The van der Waals surface area contributed by atoms with Gasteiger partial charge in [-0.1, -0.05) is 32.0 Å². The number of rotatable bonds is 8. The molecule has 190 valence electrons. The summed E-state index contributed by atoms with van der Waals surface area (Å²) in [5.74, 6) is 0.218. The number of carbonyl (C=O) groups is 1. The van der Waals surface area contributed by atoms with Gasteiger partial charge in [0.25, 0.3) is 6.43 Å². The van der Waals surface area contributed by atoms with Gasteiger partial charge in [0.05, 0.1) is 19.3 Å². The highest BCUT2D eigenvalue weighted by molar-refractivity contribution is 6.03. The zero-order valence-corrected chi connectivity index (χ0v) is 20.5. The molecule has 2 aliphatic rings. The lowest BCUT2D eigenvalue weighted by Gasteiger charge is -2.44. The summed E-state index contributed by atoms with van der Waals surface area (Å²) in [6, 6.07) is 11.4. The van der Waals surface area contributed by atoms with Gasteiger partial charge < -0.3 is 14.8 Å². The molecule has 2 amide bonds. The number of hydrogen-bond donors (Lipinski definition) is 1. The van der Waals surface area contributed by atoms with Crippen LogP contribution in [-0.4, -0.2) is 67.3 Å². The van der Waals surface area contributed by atoms with Gasteiger partial charge in [0.15, 0.2) is 6.61 Å². The second-order valence-electron chi connectivity index (χ2n) is 9.48. The van der Waals surface area contributed by atoms with E-state index in [0.29, 0.717) is 11.7 Å². The molecule has 7 nitrogen and oxygen atoms in total. The Labute approximate surface area is 205 Å². The van der Waals surface area contributed by atoms with Crippen molar-refractivity contribution in [3.05, 3.63) is 47.7 Å². The number of hydrogen-bond acceptors (Lipinski definition) is 5. The van der Waals surface area contributed by atoms with Gasteiger partial charge in [-0.3, -0.25) is 9.80 Å². The number of para-hydroxylation sites is 1. The number of amides is 2. The van der Waals surface area contributed by atoms with E-state index < -0.39 is 13.0 Å². The quantitative estimate of drug-likeness (QED) is 0.563. The van der Waals surface area contributed by atoms with Crippen molar-refractivity contribution in [1.82, 2.24) is 9.88 Å². The molecule has 4 rings (SSSR count). The number of urea groups is 1. The molecule has 2 aliphatic heterocycles. The highest BCUT2D eigenvalue weighted by Gasteiger charge is 2.35. The van der Waals surface area contributed by atoms with Crippen molar-refractivity contribution in [1.29, 1.82) is 0 Å². The van der Waals surface area contributed by atoms with Gasteiger partial charge in [0.2, 0.25) is 5.88 Å². The number of aromatic nitrogens is 1. The Kier molecular flexibility index (Phi) is 8.18. The third kappa shape index (κ3) is 6.08. The number of likely N-dealkylation sites (tertiary alicyclic amines) is 1. The smallest absolute Gasteiger partial charge is 0.326 e. The van der Waals surface area contributed by atoms with Crippen LogP contribution in [0.3, 0.4) is 0 Å². The molecule has 0 saturated carbocycles. The van der Waals surface area contributed by atoms with Crippen molar-refractivity contribution in [3.8, 4) is 5.88 Å². The maximum absolute atomic E-state index is 13.8. The highest BCUT2D eigenvalue weighted by atomic mass is 19.3. The molecular weight excluding hydrogens is 454 g/mol. The minimum absolute atomic E-state index is 0.00372. The first-order valence-electron chi connectivity index (χ1n) is 12.2. The van der Waals surface area contributed by atoms with Crippen molar-refractivity contribution >= 4 is 17.4 Å². The summed E-state index contributed by atoms with van der Waals surface area (Å²) in [5.41, 5.74) is 2.83. The van der Waals surface area contributed by atoms with Crippen LogP contribution in [-0.2, 0) is 4.74 Å². The SMILES string of the molecule is Cc1ccc(NC(=O)N(c2ccccc2C(C)C)C2CCN(C3COC3)CC2)c(OCC(F)F)n1. The van der Waals surface area contributed by atoms with Crippen molar-refractivity contribution in [2.45, 2.75) is 58.0 Å². The summed E-state index contributed by atoms with van der Waals surface area (Å²) in [6.07, 6.45) is -0.976. The van der Waals surface area contributed by atoms with Gasteiger partial charge in [0.1, 0.15) is 5.69 Å². The summed E-state index contributed by atoms with van der Waals surface area (Å²) in [4.78, 5) is 22.3. The number of nitrogens with one attached hydrogen (secondary N) is 1. The van der Waals surface area contributed by atoms with Gasteiger partial charge in [-0.25, -0.2) is 18.6 Å². The third-order valence-electron chi connectivity index (χ3n) is 6.63. The molecule has 1 aromatic carbocycles. The number of alkyl halides is 2. The first kappa shape index (κ1) is 25.3. The largest absolute Gasteiger partial charge is 0.470 e. The van der Waals surface area contributed by atoms with E-state index in [1.165, 1.54) is 0 Å². The molecule has 0 spiro atoms. The molecule has 35 heavy (non-hydrogen) atoms. The second kappa shape index (κ2) is 11.3. The van der Waals surface area contributed by atoms with E-state index in [9.17, 15) is 13.6 Å². The zero-order chi connectivity index (χ0) is 24.9. The third-order valence-corrected chi connectivity index (χ3v) is 6.63. The first-order chi connectivity index (χ1) is 16.8. The molecule has 2 saturated heterocycles. The molecule has 0 bridgehead atoms. The molecule has 0 unspecified atom stereocenters. The Balaban J connectivity index is 1.60. The fraction of sp³-hybridized carbons (Fsp3) is 0.538. The van der Waals surface area contributed by atoms with Crippen molar-refractivity contribution in [3.63, 3.8) is 0 Å². The maximum Gasteiger partial charge on any atom is 0.326 e. The number of carbonyl (C=O) groups excluding carboxylic acids is 1. The van der Waals surface area contributed by atoms with Crippen LogP contribution in [0.5, 0.6) is 5.88 Å². The standard InChI is InChI=1S/C26H34F2N4O3/c1-17(2)21-6-4-5-7-23(21)32(19-10-12-31(13-11-19)20-14-34-15-20)26(33)30-22-9-8-18(3)29-25(22)35-16-24(27)28/h4-9,17,19-20,24H,10-16H2,1-3H3,(H,30,33). The molecule has 0 radical (unpaired) electrons. The fourth-order valence-electron chi connectivity index (χ4n) is 4.67.